The van der Waals surface area contributed by atoms with Gasteiger partial charge in [-0.05, 0) is 30.2 Å². The molecule has 0 saturated carbocycles. The molecule has 0 spiro atoms. The van der Waals surface area contributed by atoms with E-state index in [1.165, 1.54) is 0 Å². The maximum Gasteiger partial charge on any atom is 0.123 e. The van der Waals surface area contributed by atoms with Crippen LogP contribution in [-0.4, -0.2) is 6.61 Å². The zero-order valence-corrected chi connectivity index (χ0v) is 13.7. The lowest BCUT2D eigenvalue weighted by Gasteiger charge is -2.12. The molecule has 0 bridgehead atoms. The highest BCUT2D eigenvalue weighted by molar-refractivity contribution is 9.10. The third-order valence-electron chi connectivity index (χ3n) is 2.93. The Labute approximate surface area is 134 Å². The Morgan fingerprint density at radius 1 is 1.10 bits per heavy atom. The normalized spacial score (nSPS) is 10.6. The van der Waals surface area contributed by atoms with Crippen molar-refractivity contribution in [1.29, 1.82) is 0 Å². The van der Waals surface area contributed by atoms with Crippen molar-refractivity contribution in [2.45, 2.75) is 26.5 Å². The number of hydroxylamine groups is 1. The van der Waals surface area contributed by atoms with Gasteiger partial charge in [-0.25, -0.2) is 0 Å². The van der Waals surface area contributed by atoms with Gasteiger partial charge in [-0.3, -0.25) is 4.84 Å². The number of rotatable bonds is 8. The highest BCUT2D eigenvalue weighted by Crippen LogP contribution is 2.23. The second-order valence-electron chi connectivity index (χ2n) is 4.70. The third-order valence-corrected chi connectivity index (χ3v) is 3.42. The highest BCUT2D eigenvalue weighted by Gasteiger charge is 2.04. The summed E-state index contributed by atoms with van der Waals surface area (Å²) in [5, 5.41) is 0. The van der Waals surface area contributed by atoms with E-state index in [1.54, 1.807) is 0 Å². The lowest BCUT2D eigenvalue weighted by Crippen LogP contribution is -2.15. The fourth-order valence-electron chi connectivity index (χ4n) is 1.88. The zero-order valence-electron chi connectivity index (χ0n) is 12.1. The Hall–Kier alpha value is -1.36. The first-order valence-corrected chi connectivity index (χ1v) is 7.88. The van der Waals surface area contributed by atoms with Crippen LogP contribution in [0.2, 0.25) is 0 Å². The molecule has 0 unspecified atom stereocenters. The molecule has 0 amide bonds. The molecular formula is C17H20BrNO2. The van der Waals surface area contributed by atoms with Gasteiger partial charge >= 0.3 is 0 Å². The predicted molar refractivity (Wildman–Crippen MR) is 88.0 cm³/mol. The summed E-state index contributed by atoms with van der Waals surface area (Å²) in [5.74, 6) is 0.899. The molecule has 0 saturated heterocycles. The highest BCUT2D eigenvalue weighted by atomic mass is 79.9. The maximum atomic E-state index is 5.74. The molecule has 0 aliphatic heterocycles. The fraction of sp³-hybridized carbons (Fsp3) is 0.294. The van der Waals surface area contributed by atoms with E-state index in [-0.39, 0.29) is 0 Å². The van der Waals surface area contributed by atoms with Gasteiger partial charge in [0.05, 0.1) is 13.2 Å². The first-order valence-electron chi connectivity index (χ1n) is 7.09. The SMILES string of the molecule is CCCOc1ccc(Br)cc1CNOCc1ccccc1. The van der Waals surface area contributed by atoms with Gasteiger partial charge < -0.3 is 4.74 Å². The molecule has 0 aliphatic carbocycles. The smallest absolute Gasteiger partial charge is 0.123 e. The zero-order chi connectivity index (χ0) is 14.9. The molecule has 112 valence electrons. The number of benzene rings is 2. The van der Waals surface area contributed by atoms with Gasteiger partial charge in [0.15, 0.2) is 0 Å². The third kappa shape index (κ3) is 5.50. The molecule has 0 heterocycles. The molecule has 0 radical (unpaired) electrons. The van der Waals surface area contributed by atoms with Crippen LogP contribution in [0.25, 0.3) is 0 Å². The number of hydrogen-bond acceptors (Lipinski definition) is 3. The summed E-state index contributed by atoms with van der Waals surface area (Å²) in [6.07, 6.45) is 0.993. The van der Waals surface area contributed by atoms with Crippen LogP contribution in [0.1, 0.15) is 24.5 Å². The number of hydrogen-bond donors (Lipinski definition) is 1. The van der Waals surface area contributed by atoms with Gasteiger partial charge in [0.25, 0.3) is 0 Å². The van der Waals surface area contributed by atoms with Crippen molar-refractivity contribution in [3.05, 3.63) is 64.1 Å². The Morgan fingerprint density at radius 2 is 1.90 bits per heavy atom. The lowest BCUT2D eigenvalue weighted by atomic mass is 10.2. The van der Waals surface area contributed by atoms with Crippen LogP contribution in [0.3, 0.4) is 0 Å². The Balaban J connectivity index is 1.85. The average Bonchev–Trinajstić information content (AvgIpc) is 2.52. The van der Waals surface area contributed by atoms with Crippen molar-refractivity contribution in [3.63, 3.8) is 0 Å². The van der Waals surface area contributed by atoms with Crippen molar-refractivity contribution in [2.75, 3.05) is 6.61 Å². The largest absolute Gasteiger partial charge is 0.493 e. The van der Waals surface area contributed by atoms with E-state index in [0.717, 1.165) is 34.4 Å². The number of ether oxygens (including phenoxy) is 1. The summed E-state index contributed by atoms with van der Waals surface area (Å²) in [7, 11) is 0. The van der Waals surface area contributed by atoms with Crippen molar-refractivity contribution in [1.82, 2.24) is 5.48 Å². The summed E-state index contributed by atoms with van der Waals surface area (Å²) in [6, 6.07) is 16.1. The van der Waals surface area contributed by atoms with E-state index in [2.05, 4.69) is 28.3 Å². The fourth-order valence-corrected chi connectivity index (χ4v) is 2.28. The molecule has 21 heavy (non-hydrogen) atoms. The predicted octanol–water partition coefficient (Wildman–Crippen LogP) is 4.46. The van der Waals surface area contributed by atoms with Crippen LogP contribution in [0.4, 0.5) is 0 Å². The van der Waals surface area contributed by atoms with Gasteiger partial charge in [0.2, 0.25) is 0 Å². The molecule has 4 heteroatoms. The molecule has 2 aromatic rings. The Bertz CT molecular complexity index is 546. The van der Waals surface area contributed by atoms with E-state index in [4.69, 9.17) is 9.57 Å². The second kappa shape index (κ2) is 8.82. The van der Waals surface area contributed by atoms with Crippen molar-refractivity contribution in [3.8, 4) is 5.75 Å². The van der Waals surface area contributed by atoms with Crippen LogP contribution < -0.4 is 10.2 Å². The standard InChI is InChI=1S/C17H20BrNO2/c1-2-10-20-17-9-8-16(18)11-15(17)12-19-21-13-14-6-4-3-5-7-14/h3-9,11,19H,2,10,12-13H2,1H3. The molecule has 0 fully saturated rings. The van der Waals surface area contributed by atoms with Crippen LogP contribution in [0, 0.1) is 0 Å². The monoisotopic (exact) mass is 349 g/mol. The Kier molecular flexibility index (Phi) is 6.73. The average molecular weight is 350 g/mol. The molecular weight excluding hydrogens is 330 g/mol. The molecule has 3 nitrogen and oxygen atoms in total. The van der Waals surface area contributed by atoms with Gasteiger partial charge in [0.1, 0.15) is 5.75 Å². The van der Waals surface area contributed by atoms with Crippen molar-refractivity contribution >= 4 is 15.9 Å². The van der Waals surface area contributed by atoms with Crippen LogP contribution in [0.15, 0.2) is 53.0 Å². The first kappa shape index (κ1) is 16.0. The quantitative estimate of drug-likeness (QED) is 0.563. The molecule has 0 atom stereocenters. The summed E-state index contributed by atoms with van der Waals surface area (Å²) >= 11 is 3.49. The van der Waals surface area contributed by atoms with Gasteiger partial charge in [0, 0.05) is 16.6 Å². The Morgan fingerprint density at radius 3 is 2.67 bits per heavy atom. The topological polar surface area (TPSA) is 30.5 Å². The summed E-state index contributed by atoms with van der Waals surface area (Å²) in [4.78, 5) is 5.50. The minimum Gasteiger partial charge on any atom is -0.493 e. The molecule has 0 aromatic heterocycles. The van der Waals surface area contributed by atoms with Gasteiger partial charge in [-0.15, -0.1) is 0 Å². The summed E-state index contributed by atoms with van der Waals surface area (Å²) < 4.78 is 6.77. The number of halogens is 1. The summed E-state index contributed by atoms with van der Waals surface area (Å²) in [5.41, 5.74) is 5.21. The van der Waals surface area contributed by atoms with E-state index in [0.29, 0.717) is 13.2 Å². The number of nitrogens with one attached hydrogen (secondary N) is 1. The van der Waals surface area contributed by atoms with Crippen molar-refractivity contribution < 1.29 is 9.57 Å². The minimum atomic E-state index is 0.542. The lowest BCUT2D eigenvalue weighted by molar-refractivity contribution is 0.0230. The van der Waals surface area contributed by atoms with E-state index < -0.39 is 0 Å². The first-order chi connectivity index (χ1) is 10.3. The second-order valence-corrected chi connectivity index (χ2v) is 5.61. The van der Waals surface area contributed by atoms with E-state index >= 15 is 0 Å². The molecule has 1 N–H and O–H groups in total. The van der Waals surface area contributed by atoms with Gasteiger partial charge in [-0.1, -0.05) is 53.2 Å². The van der Waals surface area contributed by atoms with Crippen LogP contribution >= 0.6 is 15.9 Å². The van der Waals surface area contributed by atoms with Crippen LogP contribution in [-0.2, 0) is 18.0 Å². The molecule has 2 aromatic carbocycles. The molecule has 2 rings (SSSR count). The van der Waals surface area contributed by atoms with E-state index in [9.17, 15) is 0 Å². The van der Waals surface area contributed by atoms with Crippen LogP contribution in [0.5, 0.6) is 5.75 Å². The van der Waals surface area contributed by atoms with E-state index in [1.807, 2.05) is 48.5 Å². The van der Waals surface area contributed by atoms with Gasteiger partial charge in [-0.2, -0.15) is 5.48 Å². The summed E-state index contributed by atoms with van der Waals surface area (Å²) in [6.45, 7) is 3.96. The molecule has 0 aliphatic rings. The van der Waals surface area contributed by atoms with Crippen molar-refractivity contribution in [2.24, 2.45) is 0 Å². The maximum absolute atomic E-state index is 5.74. The minimum absolute atomic E-state index is 0.542.